The Hall–Kier alpha value is -1.43. The van der Waals surface area contributed by atoms with Crippen molar-refractivity contribution in [2.75, 3.05) is 40.9 Å². The highest BCUT2D eigenvalue weighted by Gasteiger charge is 2.44. The first-order valence-corrected chi connectivity index (χ1v) is 7.70. The Balaban J connectivity index is 2.17. The van der Waals surface area contributed by atoms with Gasteiger partial charge in [-0.05, 0) is 26.1 Å². The van der Waals surface area contributed by atoms with Gasteiger partial charge in [0.2, 0.25) is 5.91 Å². The number of amides is 1. The minimum absolute atomic E-state index is 0.0869. The Morgan fingerprint density at radius 3 is 2.68 bits per heavy atom. The fraction of sp³-hybridized carbons (Fsp3) is 0.588. The van der Waals surface area contributed by atoms with Crippen LogP contribution in [0.3, 0.4) is 0 Å². The molecule has 5 heteroatoms. The van der Waals surface area contributed by atoms with Crippen LogP contribution >= 0.6 is 0 Å². The number of piperidine rings is 1. The van der Waals surface area contributed by atoms with Crippen LogP contribution in [0.15, 0.2) is 30.3 Å². The number of carbonyl (C=O) groups excluding carboxylic acids is 1. The molecule has 1 aliphatic rings. The number of rotatable bonds is 5. The Bertz CT molecular complexity index is 492. The van der Waals surface area contributed by atoms with Crippen LogP contribution < -0.4 is 0 Å². The van der Waals surface area contributed by atoms with Gasteiger partial charge in [0.1, 0.15) is 5.60 Å². The van der Waals surface area contributed by atoms with Crippen molar-refractivity contribution in [2.45, 2.75) is 24.5 Å². The third-order valence-electron chi connectivity index (χ3n) is 4.48. The second-order valence-corrected chi connectivity index (χ2v) is 6.10. The summed E-state index contributed by atoms with van der Waals surface area (Å²) in [5.41, 5.74) is -0.0133. The summed E-state index contributed by atoms with van der Waals surface area (Å²) in [7, 11) is 5.49. The van der Waals surface area contributed by atoms with Crippen LogP contribution in [-0.4, -0.2) is 67.8 Å². The topological polar surface area (TPSA) is 53.0 Å². The maximum absolute atomic E-state index is 12.2. The molecule has 1 saturated heterocycles. The van der Waals surface area contributed by atoms with Crippen molar-refractivity contribution in [1.29, 1.82) is 0 Å². The molecule has 1 N–H and O–H groups in total. The van der Waals surface area contributed by atoms with Gasteiger partial charge < -0.3 is 19.6 Å². The number of likely N-dealkylation sites (N-methyl/N-ethyl adjacent to an activating group) is 1. The molecule has 0 bridgehead atoms. The molecule has 0 aliphatic carbocycles. The average molecular weight is 306 g/mol. The molecule has 0 spiro atoms. The summed E-state index contributed by atoms with van der Waals surface area (Å²) in [6.07, 6.45) is 0.930. The quantitative estimate of drug-likeness (QED) is 0.884. The molecule has 1 amide bonds. The van der Waals surface area contributed by atoms with Crippen LogP contribution in [0.2, 0.25) is 0 Å². The maximum atomic E-state index is 12.2. The predicted molar refractivity (Wildman–Crippen MR) is 85.5 cm³/mol. The molecule has 1 aromatic carbocycles. The Kier molecular flexibility index (Phi) is 5.56. The minimum Gasteiger partial charge on any atom is -0.384 e. The number of carbonyl (C=O) groups is 1. The highest BCUT2D eigenvalue weighted by molar-refractivity contribution is 5.76. The van der Waals surface area contributed by atoms with Gasteiger partial charge in [-0.25, -0.2) is 0 Å². The second-order valence-electron chi connectivity index (χ2n) is 6.10. The smallest absolute Gasteiger partial charge is 0.224 e. The molecule has 1 aliphatic heterocycles. The van der Waals surface area contributed by atoms with Gasteiger partial charge in [-0.1, -0.05) is 30.3 Å². The van der Waals surface area contributed by atoms with E-state index in [-0.39, 0.29) is 11.9 Å². The molecule has 122 valence electrons. The maximum Gasteiger partial charge on any atom is 0.224 e. The lowest BCUT2D eigenvalue weighted by Gasteiger charge is -2.47. The van der Waals surface area contributed by atoms with Crippen molar-refractivity contribution < 1.29 is 14.6 Å². The summed E-state index contributed by atoms with van der Waals surface area (Å²) in [6.45, 7) is 1.53. The molecule has 0 unspecified atom stereocenters. The van der Waals surface area contributed by atoms with Crippen molar-refractivity contribution in [3.63, 3.8) is 0 Å². The van der Waals surface area contributed by atoms with Crippen LogP contribution in [0.4, 0.5) is 0 Å². The van der Waals surface area contributed by atoms with Crippen LogP contribution in [-0.2, 0) is 15.1 Å². The lowest BCUT2D eigenvalue weighted by molar-refractivity contribution is -0.142. The zero-order chi connectivity index (χ0) is 16.2. The highest BCUT2D eigenvalue weighted by atomic mass is 16.5. The average Bonchev–Trinajstić information content (AvgIpc) is 2.53. The zero-order valence-electron chi connectivity index (χ0n) is 13.7. The molecule has 1 aromatic rings. The van der Waals surface area contributed by atoms with Crippen molar-refractivity contribution in [3.8, 4) is 0 Å². The highest BCUT2D eigenvalue weighted by Crippen LogP contribution is 2.35. The van der Waals surface area contributed by atoms with E-state index in [0.29, 0.717) is 32.5 Å². The number of nitrogens with zero attached hydrogens (tertiary/aromatic N) is 2. The molecule has 22 heavy (non-hydrogen) atoms. The molecular weight excluding hydrogens is 280 g/mol. The van der Waals surface area contributed by atoms with Crippen molar-refractivity contribution in [3.05, 3.63) is 35.9 Å². The molecule has 2 rings (SSSR count). The number of hydrogen-bond donors (Lipinski definition) is 1. The number of hydrogen-bond acceptors (Lipinski definition) is 4. The standard InChI is InChI=1S/C17H26N2O3/c1-18(2)15-13-19(16(20)9-12-22-3)11-10-17(15,21)14-7-5-4-6-8-14/h4-8,15,21H,9-13H2,1-3H3/t15-,17-/m1/s1. The lowest BCUT2D eigenvalue weighted by atomic mass is 9.79. The first-order valence-electron chi connectivity index (χ1n) is 7.70. The second kappa shape index (κ2) is 7.22. The van der Waals surface area contributed by atoms with Gasteiger partial charge in [0.25, 0.3) is 0 Å². The minimum atomic E-state index is -0.928. The van der Waals surface area contributed by atoms with Crippen molar-refractivity contribution >= 4 is 5.91 Å². The summed E-state index contributed by atoms with van der Waals surface area (Å²) in [4.78, 5) is 16.1. The van der Waals surface area contributed by atoms with E-state index >= 15 is 0 Å². The molecule has 1 fully saturated rings. The van der Waals surface area contributed by atoms with Gasteiger partial charge in [-0.15, -0.1) is 0 Å². The molecule has 2 atom stereocenters. The fourth-order valence-electron chi connectivity index (χ4n) is 3.15. The van der Waals surface area contributed by atoms with Crippen LogP contribution in [0.25, 0.3) is 0 Å². The molecule has 0 saturated carbocycles. The van der Waals surface area contributed by atoms with Gasteiger partial charge in [0.05, 0.1) is 19.1 Å². The largest absolute Gasteiger partial charge is 0.384 e. The number of ether oxygens (including phenoxy) is 1. The van der Waals surface area contributed by atoms with Gasteiger partial charge in [-0.3, -0.25) is 4.79 Å². The van der Waals surface area contributed by atoms with E-state index in [9.17, 15) is 9.90 Å². The SMILES string of the molecule is COCCC(=O)N1CC[C@@](O)(c2ccccc2)[C@H](N(C)C)C1. The predicted octanol–water partition coefficient (Wildman–Crippen LogP) is 1.07. The van der Waals surface area contributed by atoms with E-state index < -0.39 is 5.60 Å². The van der Waals surface area contributed by atoms with Gasteiger partial charge in [-0.2, -0.15) is 0 Å². The Labute approximate surface area is 132 Å². The monoisotopic (exact) mass is 306 g/mol. The summed E-state index contributed by atoms with van der Waals surface area (Å²) in [6, 6.07) is 9.61. The van der Waals surface area contributed by atoms with Crippen LogP contribution in [0.1, 0.15) is 18.4 Å². The first-order chi connectivity index (χ1) is 10.5. The normalized spacial score (nSPS) is 25.5. The first kappa shape index (κ1) is 16.9. The number of methoxy groups -OCH3 is 1. The van der Waals surface area contributed by atoms with E-state index in [1.54, 1.807) is 7.11 Å². The fourth-order valence-corrected chi connectivity index (χ4v) is 3.15. The summed E-state index contributed by atoms with van der Waals surface area (Å²) in [5, 5.41) is 11.2. The van der Waals surface area contributed by atoms with Gasteiger partial charge >= 0.3 is 0 Å². The van der Waals surface area contributed by atoms with Gasteiger partial charge in [0, 0.05) is 20.2 Å². The molecule has 1 heterocycles. The van der Waals surface area contributed by atoms with E-state index in [1.165, 1.54) is 0 Å². The number of aliphatic hydroxyl groups is 1. The van der Waals surface area contributed by atoms with E-state index in [4.69, 9.17) is 4.74 Å². The van der Waals surface area contributed by atoms with E-state index in [2.05, 4.69) is 0 Å². The molecule has 5 nitrogen and oxygen atoms in total. The van der Waals surface area contributed by atoms with Gasteiger partial charge in [0.15, 0.2) is 0 Å². The third-order valence-corrected chi connectivity index (χ3v) is 4.48. The van der Waals surface area contributed by atoms with Crippen LogP contribution in [0, 0.1) is 0 Å². The summed E-state index contributed by atoms with van der Waals surface area (Å²) < 4.78 is 4.98. The van der Waals surface area contributed by atoms with Crippen LogP contribution in [0.5, 0.6) is 0 Å². The number of benzene rings is 1. The Morgan fingerprint density at radius 1 is 1.41 bits per heavy atom. The molecular formula is C17H26N2O3. The third kappa shape index (κ3) is 3.48. The van der Waals surface area contributed by atoms with E-state index in [0.717, 1.165) is 5.56 Å². The molecule has 0 aromatic heterocycles. The lowest BCUT2D eigenvalue weighted by Crippen LogP contribution is -2.60. The van der Waals surface area contributed by atoms with E-state index in [1.807, 2.05) is 54.2 Å². The summed E-state index contributed by atoms with van der Waals surface area (Å²) >= 11 is 0. The number of likely N-dealkylation sites (tertiary alicyclic amines) is 1. The molecule has 0 radical (unpaired) electrons. The van der Waals surface area contributed by atoms with Crippen molar-refractivity contribution in [2.24, 2.45) is 0 Å². The summed E-state index contributed by atoms with van der Waals surface area (Å²) in [5.74, 6) is 0.0869. The zero-order valence-corrected chi connectivity index (χ0v) is 13.7. The Morgan fingerprint density at radius 2 is 2.09 bits per heavy atom. The van der Waals surface area contributed by atoms with Crippen molar-refractivity contribution in [1.82, 2.24) is 9.80 Å².